The Labute approximate surface area is 101 Å². The lowest BCUT2D eigenvalue weighted by Crippen LogP contribution is -2.34. The first-order valence-corrected chi connectivity index (χ1v) is 6.14. The van der Waals surface area contributed by atoms with Gasteiger partial charge in [0.2, 0.25) is 0 Å². The molecule has 17 heavy (non-hydrogen) atoms. The van der Waals surface area contributed by atoms with Gasteiger partial charge in [0.25, 0.3) is 0 Å². The molecule has 0 aliphatic carbocycles. The molecule has 2 aromatic rings. The van der Waals surface area contributed by atoms with Crippen molar-refractivity contribution in [2.45, 2.75) is 32.4 Å². The van der Waals surface area contributed by atoms with Crippen LogP contribution in [0.2, 0.25) is 0 Å². The van der Waals surface area contributed by atoms with Crippen molar-refractivity contribution in [3.8, 4) is 0 Å². The van der Waals surface area contributed by atoms with Crippen LogP contribution in [0.1, 0.15) is 31.9 Å². The minimum atomic E-state index is -0.491. The van der Waals surface area contributed by atoms with Gasteiger partial charge in [-0.05, 0) is 30.7 Å². The van der Waals surface area contributed by atoms with E-state index in [2.05, 4.69) is 12.2 Å². The van der Waals surface area contributed by atoms with Gasteiger partial charge in [0, 0.05) is 11.4 Å². The number of aliphatic hydroxyl groups is 1. The molecule has 0 bridgehead atoms. The normalized spacial score (nSPS) is 15.0. The molecule has 1 heterocycles. The van der Waals surface area contributed by atoms with Crippen LogP contribution >= 0.6 is 0 Å². The fourth-order valence-electron chi connectivity index (χ4n) is 2.13. The van der Waals surface area contributed by atoms with Crippen molar-refractivity contribution in [1.82, 2.24) is 5.32 Å². The van der Waals surface area contributed by atoms with E-state index in [0.717, 1.165) is 29.5 Å². The number of aliphatic hydroxyl groups excluding tert-OH is 1. The zero-order valence-electron chi connectivity index (χ0n) is 10.3. The highest BCUT2D eigenvalue weighted by atomic mass is 16.3. The van der Waals surface area contributed by atoms with Crippen molar-refractivity contribution in [1.29, 1.82) is 0 Å². The second-order valence-corrected chi connectivity index (χ2v) is 4.24. The third-order valence-corrected chi connectivity index (χ3v) is 3.11. The van der Waals surface area contributed by atoms with Gasteiger partial charge in [-0.15, -0.1) is 0 Å². The molecule has 0 radical (unpaired) electrons. The fraction of sp³-hybridized carbons (Fsp3) is 0.429. The van der Waals surface area contributed by atoms with Crippen LogP contribution in [0.25, 0.3) is 11.0 Å². The van der Waals surface area contributed by atoms with E-state index < -0.39 is 6.10 Å². The van der Waals surface area contributed by atoms with Gasteiger partial charge in [0.1, 0.15) is 5.58 Å². The van der Waals surface area contributed by atoms with Crippen LogP contribution in [0.3, 0.4) is 0 Å². The quantitative estimate of drug-likeness (QED) is 0.834. The topological polar surface area (TPSA) is 45.4 Å². The molecule has 0 aliphatic rings. The molecule has 3 nitrogen and oxygen atoms in total. The number of nitrogens with one attached hydrogen (secondary N) is 1. The zero-order valence-corrected chi connectivity index (χ0v) is 10.3. The lowest BCUT2D eigenvalue weighted by Gasteiger charge is -2.22. The van der Waals surface area contributed by atoms with E-state index in [-0.39, 0.29) is 6.04 Å². The lowest BCUT2D eigenvalue weighted by molar-refractivity contribution is 0.127. The van der Waals surface area contributed by atoms with Crippen LogP contribution in [0.15, 0.2) is 34.9 Å². The molecule has 0 amide bonds. The van der Waals surface area contributed by atoms with E-state index in [9.17, 15) is 5.11 Å². The number of fused-ring (bicyclic) bond motifs is 1. The highest BCUT2D eigenvalue weighted by molar-refractivity contribution is 5.77. The average molecular weight is 233 g/mol. The van der Waals surface area contributed by atoms with Crippen LogP contribution < -0.4 is 5.32 Å². The summed E-state index contributed by atoms with van der Waals surface area (Å²) < 4.78 is 5.35. The number of hydrogen-bond donors (Lipinski definition) is 2. The number of benzene rings is 1. The summed E-state index contributed by atoms with van der Waals surface area (Å²) in [6.07, 6.45) is 2.07. The van der Waals surface area contributed by atoms with Gasteiger partial charge in [-0.3, -0.25) is 0 Å². The first kappa shape index (κ1) is 12.1. The molecule has 2 N–H and O–H groups in total. The minimum Gasteiger partial charge on any atom is -0.464 e. The van der Waals surface area contributed by atoms with Crippen LogP contribution in [0.4, 0.5) is 0 Å². The van der Waals surface area contributed by atoms with E-state index >= 15 is 0 Å². The van der Waals surface area contributed by atoms with Gasteiger partial charge in [0.05, 0.1) is 12.4 Å². The Balaban J connectivity index is 2.24. The second kappa shape index (κ2) is 5.34. The van der Waals surface area contributed by atoms with Gasteiger partial charge in [0.15, 0.2) is 0 Å². The summed E-state index contributed by atoms with van der Waals surface area (Å²) in [5, 5.41) is 14.7. The average Bonchev–Trinajstić information content (AvgIpc) is 2.82. The number of hydrogen-bond acceptors (Lipinski definition) is 3. The molecule has 0 saturated heterocycles. The molecule has 0 spiro atoms. The Hall–Kier alpha value is -1.32. The minimum absolute atomic E-state index is 0.0902. The Bertz CT molecular complexity index is 478. The lowest BCUT2D eigenvalue weighted by atomic mass is 9.99. The molecule has 2 unspecified atom stereocenters. The van der Waals surface area contributed by atoms with Crippen LogP contribution in [0.5, 0.6) is 0 Å². The molecule has 92 valence electrons. The third kappa shape index (κ3) is 2.51. The summed E-state index contributed by atoms with van der Waals surface area (Å²) in [5.74, 6) is 0. The first-order valence-electron chi connectivity index (χ1n) is 6.14. The standard InChI is InChI=1S/C14H19NO2/c1-3-12(15-4-2)14(16)11-6-5-10-7-8-17-13(10)9-11/h5-9,12,14-16H,3-4H2,1-2H3. The van der Waals surface area contributed by atoms with E-state index in [1.54, 1.807) is 6.26 Å². The maximum absolute atomic E-state index is 10.3. The predicted molar refractivity (Wildman–Crippen MR) is 68.9 cm³/mol. The molecule has 0 saturated carbocycles. The van der Waals surface area contributed by atoms with Gasteiger partial charge in [-0.25, -0.2) is 0 Å². The van der Waals surface area contributed by atoms with Gasteiger partial charge in [-0.1, -0.05) is 26.0 Å². The van der Waals surface area contributed by atoms with E-state index in [1.807, 2.05) is 31.2 Å². The number of furan rings is 1. The Morgan fingerprint density at radius 3 is 2.82 bits per heavy atom. The summed E-state index contributed by atoms with van der Waals surface area (Å²) in [7, 11) is 0. The van der Waals surface area contributed by atoms with Crippen molar-refractivity contribution < 1.29 is 9.52 Å². The third-order valence-electron chi connectivity index (χ3n) is 3.11. The van der Waals surface area contributed by atoms with Crippen LogP contribution in [-0.2, 0) is 0 Å². The number of rotatable bonds is 5. The van der Waals surface area contributed by atoms with Gasteiger partial charge >= 0.3 is 0 Å². The second-order valence-electron chi connectivity index (χ2n) is 4.24. The monoisotopic (exact) mass is 233 g/mol. The summed E-state index contributed by atoms with van der Waals surface area (Å²) >= 11 is 0. The van der Waals surface area contributed by atoms with Gasteiger partial charge < -0.3 is 14.8 Å². The summed E-state index contributed by atoms with van der Waals surface area (Å²) in [4.78, 5) is 0. The molecular weight excluding hydrogens is 214 g/mol. The molecule has 2 rings (SSSR count). The van der Waals surface area contributed by atoms with E-state index in [0.29, 0.717) is 0 Å². The SMILES string of the molecule is CCNC(CC)C(O)c1ccc2ccoc2c1. The number of likely N-dealkylation sites (N-methyl/N-ethyl adjacent to an activating group) is 1. The maximum Gasteiger partial charge on any atom is 0.134 e. The fourth-order valence-corrected chi connectivity index (χ4v) is 2.13. The van der Waals surface area contributed by atoms with Crippen LogP contribution in [0, 0.1) is 0 Å². The summed E-state index contributed by atoms with van der Waals surface area (Å²) in [5.41, 5.74) is 1.73. The van der Waals surface area contributed by atoms with Crippen molar-refractivity contribution in [2.75, 3.05) is 6.54 Å². The Morgan fingerprint density at radius 2 is 2.12 bits per heavy atom. The largest absolute Gasteiger partial charge is 0.464 e. The molecule has 0 fully saturated rings. The molecular formula is C14H19NO2. The van der Waals surface area contributed by atoms with Crippen molar-refractivity contribution >= 4 is 11.0 Å². The Morgan fingerprint density at radius 1 is 1.29 bits per heavy atom. The maximum atomic E-state index is 10.3. The molecule has 0 aliphatic heterocycles. The van der Waals surface area contributed by atoms with E-state index in [4.69, 9.17) is 4.42 Å². The molecule has 1 aromatic heterocycles. The van der Waals surface area contributed by atoms with Gasteiger partial charge in [-0.2, -0.15) is 0 Å². The highest BCUT2D eigenvalue weighted by Crippen LogP contribution is 2.24. The summed E-state index contributed by atoms with van der Waals surface area (Å²) in [6, 6.07) is 7.87. The Kier molecular flexibility index (Phi) is 3.82. The molecule has 2 atom stereocenters. The zero-order chi connectivity index (χ0) is 12.3. The van der Waals surface area contributed by atoms with Crippen molar-refractivity contribution in [2.24, 2.45) is 0 Å². The van der Waals surface area contributed by atoms with Crippen LogP contribution in [-0.4, -0.2) is 17.7 Å². The predicted octanol–water partition coefficient (Wildman–Crippen LogP) is 2.85. The highest BCUT2D eigenvalue weighted by Gasteiger charge is 2.18. The van der Waals surface area contributed by atoms with Crippen molar-refractivity contribution in [3.63, 3.8) is 0 Å². The molecule has 1 aromatic carbocycles. The summed E-state index contributed by atoms with van der Waals surface area (Å²) in [6.45, 7) is 4.98. The van der Waals surface area contributed by atoms with Crippen molar-refractivity contribution in [3.05, 3.63) is 36.1 Å². The first-order chi connectivity index (χ1) is 8.26. The van der Waals surface area contributed by atoms with E-state index in [1.165, 1.54) is 0 Å². The smallest absolute Gasteiger partial charge is 0.134 e. The molecule has 3 heteroatoms.